The van der Waals surface area contributed by atoms with Crippen molar-refractivity contribution in [3.63, 3.8) is 0 Å². The van der Waals surface area contributed by atoms with Crippen molar-refractivity contribution in [2.24, 2.45) is 5.92 Å². The summed E-state index contributed by atoms with van der Waals surface area (Å²) in [6.45, 7) is 4.37. The van der Waals surface area contributed by atoms with Crippen LogP contribution in [-0.2, 0) is 0 Å². The summed E-state index contributed by atoms with van der Waals surface area (Å²) < 4.78 is 0. The van der Waals surface area contributed by atoms with Gasteiger partial charge in [-0.3, -0.25) is 0 Å². The summed E-state index contributed by atoms with van der Waals surface area (Å²) in [7, 11) is 0. The van der Waals surface area contributed by atoms with Crippen molar-refractivity contribution in [2.75, 3.05) is 0 Å². The van der Waals surface area contributed by atoms with Crippen molar-refractivity contribution in [1.29, 1.82) is 0 Å². The molecule has 0 bridgehead atoms. The van der Waals surface area contributed by atoms with Crippen molar-refractivity contribution in [3.05, 3.63) is 29.8 Å². The van der Waals surface area contributed by atoms with Gasteiger partial charge in [-0.1, -0.05) is 26.0 Å². The van der Waals surface area contributed by atoms with Crippen molar-refractivity contribution in [1.82, 2.24) is 0 Å². The van der Waals surface area contributed by atoms with Crippen molar-refractivity contribution in [2.45, 2.75) is 25.5 Å². The van der Waals surface area contributed by atoms with E-state index in [1.807, 2.05) is 12.1 Å². The van der Waals surface area contributed by atoms with Gasteiger partial charge in [-0.05, 0) is 30.0 Å². The molecule has 0 amide bonds. The van der Waals surface area contributed by atoms with Gasteiger partial charge in [-0.15, -0.1) is 0 Å². The first kappa shape index (κ1) is 10.5. The van der Waals surface area contributed by atoms with Gasteiger partial charge < -0.3 is 5.11 Å². The third kappa shape index (κ3) is 3.31. The Balaban J connectivity index is 2.66. The van der Waals surface area contributed by atoms with Gasteiger partial charge in [0.2, 0.25) is 0 Å². The Labute approximate surface area is 85.2 Å². The van der Waals surface area contributed by atoms with E-state index in [9.17, 15) is 0 Å². The third-order valence-electron chi connectivity index (χ3n) is 1.97. The maximum atomic E-state index is 9.10. The molecule has 0 saturated heterocycles. The van der Waals surface area contributed by atoms with E-state index >= 15 is 0 Å². The maximum absolute atomic E-state index is 9.10. The molecule has 1 rings (SSSR count). The molecule has 0 aromatic heterocycles. The summed E-state index contributed by atoms with van der Waals surface area (Å²) in [5.41, 5.74) is 1.18. The number of phenols is 1. The number of hydrogen-bond acceptors (Lipinski definition) is 2. The highest BCUT2D eigenvalue weighted by atomic mass is 32.1. The molecule has 0 heterocycles. The lowest BCUT2D eigenvalue weighted by molar-refractivity contribution is 0.475. The average molecular weight is 196 g/mol. The lowest BCUT2D eigenvalue weighted by Gasteiger charge is -2.13. The Kier molecular flexibility index (Phi) is 3.67. The monoisotopic (exact) mass is 196 g/mol. The number of aromatic hydroxyl groups is 1. The van der Waals surface area contributed by atoms with E-state index in [1.54, 1.807) is 12.1 Å². The topological polar surface area (TPSA) is 20.2 Å². The molecular weight excluding hydrogens is 180 g/mol. The van der Waals surface area contributed by atoms with E-state index in [2.05, 4.69) is 26.5 Å². The minimum atomic E-state index is 0.278. The molecule has 1 nitrogen and oxygen atoms in total. The largest absolute Gasteiger partial charge is 0.508 e. The predicted molar refractivity (Wildman–Crippen MR) is 59.3 cm³/mol. The van der Waals surface area contributed by atoms with E-state index in [1.165, 1.54) is 5.56 Å². The molecule has 2 heteroatoms. The zero-order valence-electron chi connectivity index (χ0n) is 8.07. The molecular formula is C11H16OS. The number of phenolic OH excluding ortho intramolecular Hbond substituents is 1. The smallest absolute Gasteiger partial charge is 0.115 e. The summed E-state index contributed by atoms with van der Waals surface area (Å²) >= 11 is 4.51. The zero-order valence-corrected chi connectivity index (χ0v) is 8.96. The van der Waals surface area contributed by atoms with Crippen LogP contribution in [-0.4, -0.2) is 5.11 Å². The highest BCUT2D eigenvalue weighted by molar-refractivity contribution is 7.80. The summed E-state index contributed by atoms with van der Waals surface area (Å²) in [5, 5.41) is 9.37. The molecule has 0 aliphatic rings. The first-order chi connectivity index (χ1) is 6.09. The minimum Gasteiger partial charge on any atom is -0.508 e. The van der Waals surface area contributed by atoms with Crippen LogP contribution < -0.4 is 0 Å². The minimum absolute atomic E-state index is 0.278. The van der Waals surface area contributed by atoms with Crippen LogP contribution in [0.4, 0.5) is 0 Å². The van der Waals surface area contributed by atoms with Crippen molar-refractivity contribution in [3.8, 4) is 5.75 Å². The molecule has 0 aliphatic carbocycles. The molecule has 1 atom stereocenters. The fraction of sp³-hybridized carbons (Fsp3) is 0.455. The van der Waals surface area contributed by atoms with Crippen molar-refractivity contribution >= 4 is 12.6 Å². The van der Waals surface area contributed by atoms with Gasteiger partial charge in [0.15, 0.2) is 0 Å². The summed E-state index contributed by atoms with van der Waals surface area (Å²) in [4.78, 5) is 0. The van der Waals surface area contributed by atoms with Gasteiger partial charge >= 0.3 is 0 Å². The van der Waals surface area contributed by atoms with Crippen LogP contribution in [0.2, 0.25) is 0 Å². The molecule has 1 aromatic carbocycles. The summed E-state index contributed by atoms with van der Waals surface area (Å²) in [6, 6.07) is 7.27. The van der Waals surface area contributed by atoms with Crippen LogP contribution in [0.1, 0.15) is 31.1 Å². The maximum Gasteiger partial charge on any atom is 0.115 e. The van der Waals surface area contributed by atoms with Gasteiger partial charge in [0, 0.05) is 5.25 Å². The fourth-order valence-electron chi connectivity index (χ4n) is 1.28. The Hall–Kier alpha value is -0.630. The number of benzene rings is 1. The van der Waals surface area contributed by atoms with E-state index < -0.39 is 0 Å². The molecule has 1 aromatic rings. The molecule has 0 aliphatic heterocycles. The van der Waals surface area contributed by atoms with Gasteiger partial charge in [0.05, 0.1) is 0 Å². The van der Waals surface area contributed by atoms with Gasteiger partial charge in [-0.25, -0.2) is 0 Å². The Morgan fingerprint density at radius 3 is 2.23 bits per heavy atom. The van der Waals surface area contributed by atoms with Gasteiger partial charge in [-0.2, -0.15) is 12.6 Å². The molecule has 1 N–H and O–H groups in total. The van der Waals surface area contributed by atoms with Crippen molar-refractivity contribution < 1.29 is 5.11 Å². The molecule has 0 fully saturated rings. The molecule has 13 heavy (non-hydrogen) atoms. The van der Waals surface area contributed by atoms with Crippen LogP contribution in [0.15, 0.2) is 24.3 Å². The van der Waals surface area contributed by atoms with Crippen LogP contribution in [0.3, 0.4) is 0 Å². The van der Waals surface area contributed by atoms with E-state index in [0.29, 0.717) is 11.7 Å². The molecule has 0 saturated carbocycles. The van der Waals surface area contributed by atoms with Crippen LogP contribution in [0.5, 0.6) is 5.75 Å². The lowest BCUT2D eigenvalue weighted by atomic mass is 10.0. The Morgan fingerprint density at radius 1 is 1.23 bits per heavy atom. The Bertz CT molecular complexity index is 253. The van der Waals surface area contributed by atoms with Crippen LogP contribution in [0, 0.1) is 5.92 Å². The highest BCUT2D eigenvalue weighted by Gasteiger charge is 2.07. The van der Waals surface area contributed by atoms with Gasteiger partial charge in [0.25, 0.3) is 0 Å². The van der Waals surface area contributed by atoms with E-state index in [-0.39, 0.29) is 5.25 Å². The van der Waals surface area contributed by atoms with E-state index in [0.717, 1.165) is 6.42 Å². The average Bonchev–Trinajstić information content (AvgIpc) is 2.04. The molecule has 1 unspecified atom stereocenters. The molecule has 0 spiro atoms. The molecule has 0 radical (unpaired) electrons. The normalized spacial score (nSPS) is 13.2. The number of rotatable bonds is 3. The lowest BCUT2D eigenvalue weighted by Crippen LogP contribution is -1.95. The molecule has 72 valence electrons. The second-order valence-corrected chi connectivity index (χ2v) is 4.36. The second-order valence-electron chi connectivity index (χ2n) is 3.74. The zero-order chi connectivity index (χ0) is 9.84. The Morgan fingerprint density at radius 2 is 1.77 bits per heavy atom. The van der Waals surface area contributed by atoms with Crippen LogP contribution in [0.25, 0.3) is 0 Å². The quantitative estimate of drug-likeness (QED) is 0.710. The first-order valence-corrected chi connectivity index (χ1v) is 5.08. The summed E-state index contributed by atoms with van der Waals surface area (Å²) in [6.07, 6.45) is 1.06. The summed E-state index contributed by atoms with van der Waals surface area (Å²) in [5.74, 6) is 0.963. The van der Waals surface area contributed by atoms with Crippen LogP contribution >= 0.6 is 12.6 Å². The first-order valence-electron chi connectivity index (χ1n) is 4.56. The number of hydrogen-bond donors (Lipinski definition) is 2. The predicted octanol–water partition coefficient (Wildman–Crippen LogP) is 3.41. The second kappa shape index (κ2) is 4.56. The van der Waals surface area contributed by atoms with E-state index in [4.69, 9.17) is 5.11 Å². The van der Waals surface area contributed by atoms with Gasteiger partial charge in [0.1, 0.15) is 5.75 Å². The fourth-order valence-corrected chi connectivity index (χ4v) is 1.87. The highest BCUT2D eigenvalue weighted by Crippen LogP contribution is 2.28. The SMILES string of the molecule is CC(C)CC(S)c1ccc(O)cc1. The third-order valence-corrected chi connectivity index (χ3v) is 2.48. The standard InChI is InChI=1S/C11H16OS/c1-8(2)7-11(13)9-3-5-10(12)6-4-9/h3-6,8,11-13H,7H2,1-2H3. The number of thiol groups is 1.